The number of Topliss-reactive ketones (excluding diaryl/α,β-unsaturated/α-hetero) is 1. The molecule has 2 heterocycles. The molecule has 0 aliphatic heterocycles. The maximum absolute atomic E-state index is 11.4. The molecule has 29 heavy (non-hydrogen) atoms. The molecule has 158 valence electrons. The number of rotatable bonds is 5. The van der Waals surface area contributed by atoms with E-state index < -0.39 is 0 Å². The summed E-state index contributed by atoms with van der Waals surface area (Å²) in [6.07, 6.45) is 3.56. The zero-order valence-electron chi connectivity index (χ0n) is 16.9. The van der Waals surface area contributed by atoms with Crippen molar-refractivity contribution in [3.63, 3.8) is 0 Å². The summed E-state index contributed by atoms with van der Waals surface area (Å²) in [6, 6.07) is 17.2. The van der Waals surface area contributed by atoms with Crippen molar-refractivity contribution in [2.75, 3.05) is 19.1 Å². The molecule has 0 saturated carbocycles. The second-order valence-electron chi connectivity index (χ2n) is 6.09. The molecule has 5 nitrogen and oxygen atoms in total. The molecule has 0 aliphatic rings. The molecular formula is C22H25ClCuN3O2. The van der Waals surface area contributed by atoms with Gasteiger partial charge < -0.3 is 9.64 Å². The van der Waals surface area contributed by atoms with Gasteiger partial charge in [0.1, 0.15) is 5.75 Å². The van der Waals surface area contributed by atoms with Gasteiger partial charge in [-0.05, 0) is 56.3 Å². The summed E-state index contributed by atoms with van der Waals surface area (Å²) >= 11 is 3.66. The molecule has 2 aromatic heterocycles. The first-order chi connectivity index (χ1) is 14.0. The van der Waals surface area contributed by atoms with Gasteiger partial charge >= 0.3 is 25.2 Å². The molecule has 1 aromatic carbocycles. The van der Waals surface area contributed by atoms with Gasteiger partial charge in [-0.3, -0.25) is 14.8 Å². The molecule has 0 spiro atoms. The van der Waals surface area contributed by atoms with E-state index in [-0.39, 0.29) is 5.78 Å². The van der Waals surface area contributed by atoms with Crippen LogP contribution in [-0.2, 0) is 21.6 Å². The van der Waals surface area contributed by atoms with Gasteiger partial charge in [-0.25, -0.2) is 0 Å². The van der Waals surface area contributed by atoms with Gasteiger partial charge in [0, 0.05) is 30.7 Å². The minimum absolute atomic E-state index is 0.0298. The van der Waals surface area contributed by atoms with Crippen LogP contribution in [-0.4, -0.2) is 29.9 Å². The van der Waals surface area contributed by atoms with E-state index >= 15 is 0 Å². The number of aryl methyl sites for hydroxylation is 1. The summed E-state index contributed by atoms with van der Waals surface area (Å²) in [5.74, 6) is 0.721. The van der Waals surface area contributed by atoms with E-state index in [1.807, 2.05) is 67.4 Å². The molecule has 0 N–H and O–H groups in total. The van der Waals surface area contributed by atoms with Crippen molar-refractivity contribution < 1.29 is 24.6 Å². The van der Waals surface area contributed by atoms with Crippen molar-refractivity contribution in [1.29, 1.82) is 0 Å². The van der Waals surface area contributed by atoms with E-state index in [1.54, 1.807) is 32.5 Å². The van der Waals surface area contributed by atoms with Crippen molar-refractivity contribution >= 4 is 21.6 Å². The van der Waals surface area contributed by atoms with Crippen LogP contribution < -0.4 is 9.64 Å². The topological polar surface area (TPSA) is 55.3 Å². The van der Waals surface area contributed by atoms with Crippen molar-refractivity contribution in [3.8, 4) is 5.75 Å². The van der Waals surface area contributed by atoms with E-state index in [4.69, 9.17) is 4.74 Å². The Balaban J connectivity index is 0.000000390. The number of carbonyl (C=O) groups is 1. The van der Waals surface area contributed by atoms with Crippen LogP contribution in [0.3, 0.4) is 0 Å². The Hall–Kier alpha value is -2.40. The van der Waals surface area contributed by atoms with Gasteiger partial charge in [-0.15, -0.1) is 0 Å². The number of aromatic nitrogens is 2. The number of benzene rings is 1. The van der Waals surface area contributed by atoms with Crippen molar-refractivity contribution in [2.24, 2.45) is 0 Å². The quantitative estimate of drug-likeness (QED) is 0.394. The van der Waals surface area contributed by atoms with Crippen LogP contribution in [0.5, 0.6) is 5.75 Å². The van der Waals surface area contributed by atoms with Crippen LogP contribution in [0, 0.1) is 6.92 Å². The number of pyridine rings is 2. The van der Waals surface area contributed by atoms with E-state index in [9.17, 15) is 4.79 Å². The SMILES string of the molecule is COc1cc(C(C)=O)ccc1N(C)Cc1ccccn1.Cc1ccccn1.[Cl][Cu]. The predicted molar refractivity (Wildman–Crippen MR) is 114 cm³/mol. The minimum atomic E-state index is 0.0298. The Morgan fingerprint density at radius 3 is 2.17 bits per heavy atom. The number of ketones is 1. The summed E-state index contributed by atoms with van der Waals surface area (Å²) in [5.41, 5.74) is 3.63. The Morgan fingerprint density at radius 1 is 1.07 bits per heavy atom. The number of methoxy groups -OCH3 is 1. The van der Waals surface area contributed by atoms with E-state index in [1.165, 1.54) is 0 Å². The number of nitrogens with zero attached hydrogens (tertiary/aromatic N) is 3. The summed E-state index contributed by atoms with van der Waals surface area (Å²) in [5, 5.41) is 0. The number of hydrogen-bond donors (Lipinski definition) is 0. The molecule has 0 fully saturated rings. The third-order valence-electron chi connectivity index (χ3n) is 3.94. The fraction of sp³-hybridized carbons (Fsp3) is 0.227. The van der Waals surface area contributed by atoms with Crippen molar-refractivity contribution in [3.05, 3.63) is 83.9 Å². The fourth-order valence-electron chi connectivity index (χ4n) is 2.48. The van der Waals surface area contributed by atoms with Gasteiger partial charge in [0.15, 0.2) is 5.78 Å². The Bertz CT molecular complexity index is 864. The molecular weight excluding hydrogens is 437 g/mol. The van der Waals surface area contributed by atoms with Crippen molar-refractivity contribution in [1.82, 2.24) is 9.97 Å². The van der Waals surface area contributed by atoms with Crippen LogP contribution in [0.25, 0.3) is 0 Å². The van der Waals surface area contributed by atoms with Gasteiger partial charge in [0.25, 0.3) is 0 Å². The molecule has 3 aromatic rings. The summed E-state index contributed by atoms with van der Waals surface area (Å²) < 4.78 is 5.38. The molecule has 0 saturated heterocycles. The number of carbonyl (C=O) groups excluding carboxylic acids is 1. The Morgan fingerprint density at radius 2 is 1.72 bits per heavy atom. The maximum atomic E-state index is 11.4. The molecule has 7 heteroatoms. The number of halogens is 1. The van der Waals surface area contributed by atoms with Crippen LogP contribution in [0.15, 0.2) is 67.0 Å². The number of anilines is 1. The van der Waals surface area contributed by atoms with Crippen LogP contribution in [0.1, 0.15) is 28.7 Å². The summed E-state index contributed by atoms with van der Waals surface area (Å²) in [4.78, 5) is 21.7. The third-order valence-corrected chi connectivity index (χ3v) is 3.94. The first-order valence-electron chi connectivity index (χ1n) is 8.80. The van der Waals surface area contributed by atoms with E-state index in [0.29, 0.717) is 17.9 Å². The van der Waals surface area contributed by atoms with Gasteiger partial charge in [0.2, 0.25) is 0 Å². The molecule has 0 atom stereocenters. The summed E-state index contributed by atoms with van der Waals surface area (Å²) in [6.45, 7) is 4.20. The summed E-state index contributed by atoms with van der Waals surface area (Å²) in [7, 11) is 7.78. The van der Waals surface area contributed by atoms with Crippen LogP contribution >= 0.6 is 10.1 Å². The van der Waals surface area contributed by atoms with Gasteiger partial charge in [-0.2, -0.15) is 0 Å². The molecule has 0 unspecified atom stereocenters. The number of hydrogen-bond acceptors (Lipinski definition) is 5. The number of ether oxygens (including phenoxy) is 1. The molecule has 0 aliphatic carbocycles. The monoisotopic (exact) mass is 461 g/mol. The van der Waals surface area contributed by atoms with Crippen LogP contribution in [0.2, 0.25) is 0 Å². The normalized spacial score (nSPS) is 9.34. The first kappa shape index (κ1) is 24.6. The Labute approximate surface area is 185 Å². The molecule has 0 amide bonds. The fourth-order valence-corrected chi connectivity index (χ4v) is 2.48. The average Bonchev–Trinajstić information content (AvgIpc) is 2.76. The molecule has 0 bridgehead atoms. The van der Waals surface area contributed by atoms with Crippen LogP contribution in [0.4, 0.5) is 5.69 Å². The van der Waals surface area contributed by atoms with E-state index in [2.05, 4.69) is 35.2 Å². The first-order valence-corrected chi connectivity index (χ1v) is 10.1. The van der Waals surface area contributed by atoms with Crippen molar-refractivity contribution in [2.45, 2.75) is 20.4 Å². The zero-order chi connectivity index (χ0) is 21.6. The van der Waals surface area contributed by atoms with Gasteiger partial charge in [-0.1, -0.05) is 12.1 Å². The predicted octanol–water partition coefficient (Wildman–Crippen LogP) is 5.01. The molecule has 0 radical (unpaired) electrons. The van der Waals surface area contributed by atoms with Gasteiger partial charge in [0.05, 0.1) is 25.0 Å². The standard InChI is InChI=1S/C16H18N2O2.C6H7N.ClH.Cu/c1-12(19)13-7-8-15(16(10-13)20-3)18(2)11-14-6-4-5-9-17-14;1-6-4-2-3-5-7-6;;/h4-10H,11H2,1-3H3;2-5H,1H3;1H;/q;;;+1/p-1. The molecule has 3 rings (SSSR count). The second-order valence-corrected chi connectivity index (χ2v) is 6.09. The second kappa shape index (κ2) is 13.7. The zero-order valence-corrected chi connectivity index (χ0v) is 18.6. The third kappa shape index (κ3) is 8.65. The van der Waals surface area contributed by atoms with E-state index in [0.717, 1.165) is 17.1 Å². The Kier molecular flexibility index (Phi) is 11.7. The average molecular weight is 462 g/mol.